The van der Waals surface area contributed by atoms with Crippen molar-refractivity contribution in [3.63, 3.8) is 0 Å². The molecule has 0 saturated heterocycles. The molecule has 3 aliphatic rings. The van der Waals surface area contributed by atoms with Crippen LogP contribution in [0.5, 0.6) is 0 Å². The van der Waals surface area contributed by atoms with Crippen LogP contribution in [0.1, 0.15) is 44.9 Å². The second-order valence-corrected chi connectivity index (χ2v) is 5.29. The smallest absolute Gasteiger partial charge is 0.0174 e. The van der Waals surface area contributed by atoms with Crippen LogP contribution >= 0.6 is 0 Å². The third-order valence-electron chi connectivity index (χ3n) is 4.67. The Balaban J connectivity index is 1.82. The van der Waals surface area contributed by atoms with Gasteiger partial charge in [0, 0.05) is 0 Å². The molecule has 0 N–H and O–H groups in total. The molecule has 13 heavy (non-hydrogen) atoms. The molecule has 0 radical (unpaired) electrons. The average molecular weight is 176 g/mol. The van der Waals surface area contributed by atoms with E-state index >= 15 is 0 Å². The van der Waals surface area contributed by atoms with Crippen molar-refractivity contribution in [3.8, 4) is 0 Å². The normalized spacial score (nSPS) is 48.6. The maximum atomic E-state index is 2.56. The lowest BCUT2D eigenvalue weighted by Gasteiger charge is -2.29. The van der Waals surface area contributed by atoms with Crippen molar-refractivity contribution in [1.82, 2.24) is 0 Å². The first-order valence-corrected chi connectivity index (χ1v) is 6.12. The first kappa shape index (κ1) is 8.08. The number of allylic oxidation sites excluding steroid dienone is 2. The van der Waals surface area contributed by atoms with E-state index in [1.807, 2.05) is 0 Å². The van der Waals surface area contributed by atoms with Gasteiger partial charge in [0.25, 0.3) is 0 Å². The molecule has 0 heterocycles. The first-order valence-electron chi connectivity index (χ1n) is 6.12. The predicted octanol–water partition coefficient (Wildman–Crippen LogP) is 3.78. The van der Waals surface area contributed by atoms with Gasteiger partial charge in [-0.25, -0.2) is 0 Å². The monoisotopic (exact) mass is 176 g/mol. The number of hydrogen-bond acceptors (Lipinski definition) is 0. The summed E-state index contributed by atoms with van der Waals surface area (Å²) in [5.74, 6) is 4.29. The molecular weight excluding hydrogens is 156 g/mol. The van der Waals surface area contributed by atoms with Crippen molar-refractivity contribution >= 4 is 0 Å². The van der Waals surface area contributed by atoms with Crippen LogP contribution in [0.2, 0.25) is 0 Å². The van der Waals surface area contributed by atoms with E-state index in [0.717, 1.165) is 23.7 Å². The average Bonchev–Trinajstić information content (AvgIpc) is 2.56. The second kappa shape index (κ2) is 3.15. The molecule has 3 aliphatic carbocycles. The third kappa shape index (κ3) is 1.26. The molecule has 0 aromatic heterocycles. The molecule has 4 atom stereocenters. The van der Waals surface area contributed by atoms with Crippen molar-refractivity contribution in [2.75, 3.05) is 0 Å². The van der Waals surface area contributed by atoms with Crippen LogP contribution in [0.4, 0.5) is 0 Å². The van der Waals surface area contributed by atoms with E-state index in [1.165, 1.54) is 32.1 Å². The van der Waals surface area contributed by atoms with Crippen molar-refractivity contribution in [2.45, 2.75) is 44.9 Å². The van der Waals surface area contributed by atoms with E-state index in [2.05, 4.69) is 12.2 Å². The number of rotatable bonds is 0. The van der Waals surface area contributed by atoms with Crippen LogP contribution in [0, 0.1) is 23.7 Å². The maximum Gasteiger partial charge on any atom is -0.0174 e. The van der Waals surface area contributed by atoms with Crippen LogP contribution in [0.25, 0.3) is 0 Å². The van der Waals surface area contributed by atoms with Crippen LogP contribution in [-0.2, 0) is 0 Å². The van der Waals surface area contributed by atoms with Gasteiger partial charge < -0.3 is 0 Å². The largest absolute Gasteiger partial charge is 0.0882 e. The van der Waals surface area contributed by atoms with Gasteiger partial charge in [0.1, 0.15) is 0 Å². The Hall–Kier alpha value is -0.260. The predicted molar refractivity (Wildman–Crippen MR) is 55.4 cm³/mol. The van der Waals surface area contributed by atoms with Gasteiger partial charge in [-0.2, -0.15) is 0 Å². The highest BCUT2D eigenvalue weighted by atomic mass is 14.5. The highest BCUT2D eigenvalue weighted by Gasteiger charge is 2.42. The van der Waals surface area contributed by atoms with E-state index in [4.69, 9.17) is 0 Å². The summed E-state index contributed by atoms with van der Waals surface area (Å²) >= 11 is 0. The lowest BCUT2D eigenvalue weighted by molar-refractivity contribution is 0.243. The molecule has 3 rings (SSSR count). The minimum atomic E-state index is 0.999. The molecular formula is C13H20. The lowest BCUT2D eigenvalue weighted by atomic mass is 9.76. The van der Waals surface area contributed by atoms with Crippen molar-refractivity contribution < 1.29 is 0 Å². The minimum absolute atomic E-state index is 0.999. The molecule has 72 valence electrons. The Morgan fingerprint density at radius 2 is 1.85 bits per heavy atom. The molecule has 2 saturated carbocycles. The summed E-state index contributed by atoms with van der Waals surface area (Å²) in [6.07, 6.45) is 15.5. The molecule has 0 unspecified atom stereocenters. The maximum absolute atomic E-state index is 2.56. The van der Waals surface area contributed by atoms with Gasteiger partial charge in [-0.05, 0) is 49.4 Å². The summed E-state index contributed by atoms with van der Waals surface area (Å²) in [6.45, 7) is 0. The molecule has 2 fully saturated rings. The van der Waals surface area contributed by atoms with E-state index < -0.39 is 0 Å². The number of hydrogen-bond donors (Lipinski definition) is 0. The summed E-state index contributed by atoms with van der Waals surface area (Å²) < 4.78 is 0. The van der Waals surface area contributed by atoms with Crippen LogP contribution in [0.3, 0.4) is 0 Å². The Morgan fingerprint density at radius 1 is 0.923 bits per heavy atom. The Kier molecular flexibility index (Phi) is 1.96. The molecule has 0 aromatic rings. The van der Waals surface area contributed by atoms with Crippen molar-refractivity contribution in [3.05, 3.63) is 12.2 Å². The Labute approximate surface area is 81.4 Å². The number of fused-ring (bicyclic) bond motifs is 3. The van der Waals surface area contributed by atoms with Crippen molar-refractivity contribution in [1.29, 1.82) is 0 Å². The van der Waals surface area contributed by atoms with E-state index in [0.29, 0.717) is 0 Å². The lowest BCUT2D eigenvalue weighted by Crippen LogP contribution is -2.20. The van der Waals surface area contributed by atoms with Gasteiger partial charge in [0.05, 0.1) is 0 Å². The zero-order chi connectivity index (χ0) is 8.67. The van der Waals surface area contributed by atoms with Gasteiger partial charge >= 0.3 is 0 Å². The zero-order valence-corrected chi connectivity index (χ0v) is 8.41. The van der Waals surface area contributed by atoms with Crippen molar-refractivity contribution in [2.24, 2.45) is 23.7 Å². The van der Waals surface area contributed by atoms with E-state index in [-0.39, 0.29) is 0 Å². The molecule has 0 spiro atoms. The quantitative estimate of drug-likeness (QED) is 0.493. The van der Waals surface area contributed by atoms with Gasteiger partial charge in [-0.15, -0.1) is 0 Å². The summed E-state index contributed by atoms with van der Waals surface area (Å²) in [5, 5.41) is 0. The summed E-state index contributed by atoms with van der Waals surface area (Å²) in [5.41, 5.74) is 0. The Bertz CT molecular complexity index is 216. The highest BCUT2D eigenvalue weighted by molar-refractivity contribution is 5.06. The molecule has 0 aromatic carbocycles. The fourth-order valence-corrected chi connectivity index (χ4v) is 4.11. The standard InChI is InChI=1S/C13H20/c1-3-7-12-10(5-1)9-11-6-2-4-8-13(11)12/h3,7,10-13H,1-2,4-6,8-9H2/t10-,11+,12-,13+/m1/s1. The highest BCUT2D eigenvalue weighted by Crippen LogP contribution is 2.52. The van der Waals surface area contributed by atoms with Gasteiger partial charge in [0.15, 0.2) is 0 Å². The first-order chi connectivity index (χ1) is 6.45. The van der Waals surface area contributed by atoms with Gasteiger partial charge in [-0.3, -0.25) is 0 Å². The van der Waals surface area contributed by atoms with Crippen LogP contribution < -0.4 is 0 Å². The third-order valence-corrected chi connectivity index (χ3v) is 4.67. The van der Waals surface area contributed by atoms with E-state index in [9.17, 15) is 0 Å². The van der Waals surface area contributed by atoms with Crippen LogP contribution in [0.15, 0.2) is 12.2 Å². The zero-order valence-electron chi connectivity index (χ0n) is 8.41. The second-order valence-electron chi connectivity index (χ2n) is 5.29. The molecule has 0 bridgehead atoms. The fraction of sp³-hybridized carbons (Fsp3) is 0.846. The van der Waals surface area contributed by atoms with Gasteiger partial charge in [-0.1, -0.05) is 31.4 Å². The SMILES string of the molecule is C1=C[C@@H]2[C@H](CC1)C[C@@H]1CCCC[C@@H]12. The topological polar surface area (TPSA) is 0 Å². The van der Waals surface area contributed by atoms with E-state index in [1.54, 1.807) is 12.8 Å². The molecule has 0 heteroatoms. The molecule has 0 amide bonds. The molecule has 0 aliphatic heterocycles. The fourth-order valence-electron chi connectivity index (χ4n) is 4.11. The summed E-state index contributed by atoms with van der Waals surface area (Å²) in [7, 11) is 0. The summed E-state index contributed by atoms with van der Waals surface area (Å²) in [4.78, 5) is 0. The van der Waals surface area contributed by atoms with Crippen LogP contribution in [-0.4, -0.2) is 0 Å². The Morgan fingerprint density at radius 3 is 2.85 bits per heavy atom. The minimum Gasteiger partial charge on any atom is -0.0882 e. The van der Waals surface area contributed by atoms with Gasteiger partial charge in [0.2, 0.25) is 0 Å². The molecule has 0 nitrogen and oxygen atoms in total. The summed E-state index contributed by atoms with van der Waals surface area (Å²) in [6, 6.07) is 0.